The summed E-state index contributed by atoms with van der Waals surface area (Å²) in [6, 6.07) is 18.3. The molecule has 0 amide bonds. The van der Waals surface area contributed by atoms with Gasteiger partial charge in [0.15, 0.2) is 0 Å². The summed E-state index contributed by atoms with van der Waals surface area (Å²) in [6.45, 7) is 3.33. The highest BCUT2D eigenvalue weighted by molar-refractivity contribution is 5.92. The van der Waals surface area contributed by atoms with E-state index in [-0.39, 0.29) is 6.61 Å². The molecule has 0 aromatic heterocycles. The molecule has 3 aromatic rings. The number of carbonyl (C=O) groups excluding carboxylic acids is 3. The fourth-order valence-corrected chi connectivity index (χ4v) is 3.82. The van der Waals surface area contributed by atoms with Gasteiger partial charge in [-0.2, -0.15) is 0 Å². The predicted molar refractivity (Wildman–Crippen MR) is 162 cm³/mol. The lowest BCUT2D eigenvalue weighted by molar-refractivity contribution is -0.137. The van der Waals surface area contributed by atoms with Gasteiger partial charge < -0.3 is 30.4 Å². The van der Waals surface area contributed by atoms with Crippen molar-refractivity contribution in [2.75, 3.05) is 31.3 Å². The molecule has 4 N–H and O–H groups in total. The third kappa shape index (κ3) is 11.4. The number of rotatable bonds is 16. The van der Waals surface area contributed by atoms with Gasteiger partial charge in [0.25, 0.3) is 0 Å². The minimum atomic E-state index is -0.466. The van der Waals surface area contributed by atoms with E-state index in [9.17, 15) is 14.4 Å². The number of nitrogen functional groups attached to an aromatic ring is 2. The van der Waals surface area contributed by atoms with Gasteiger partial charge in [-0.25, -0.2) is 14.4 Å². The maximum absolute atomic E-state index is 12.4. The van der Waals surface area contributed by atoms with Crippen LogP contribution in [0.1, 0.15) is 71.7 Å². The van der Waals surface area contributed by atoms with Crippen LogP contribution in [0, 0.1) is 0 Å². The molecule has 0 bridgehead atoms. The van der Waals surface area contributed by atoms with Gasteiger partial charge in [0, 0.05) is 17.5 Å². The Bertz CT molecular complexity index is 1320. The van der Waals surface area contributed by atoms with Crippen LogP contribution in [0.25, 0.3) is 6.08 Å². The van der Waals surface area contributed by atoms with E-state index in [4.69, 9.17) is 30.4 Å². The molecule has 0 aliphatic carbocycles. The van der Waals surface area contributed by atoms with E-state index in [1.807, 2.05) is 0 Å². The van der Waals surface area contributed by atoms with Crippen molar-refractivity contribution in [1.82, 2.24) is 0 Å². The van der Waals surface area contributed by atoms with E-state index >= 15 is 0 Å². The summed E-state index contributed by atoms with van der Waals surface area (Å²) in [5.74, 6) is -0.256. The first-order chi connectivity index (χ1) is 20.3. The molecule has 3 aromatic carbocycles. The number of hydrogen-bond donors (Lipinski definition) is 2. The lowest BCUT2D eigenvalue weighted by atomic mass is 10.2. The second-order valence-electron chi connectivity index (χ2n) is 9.62. The molecule has 9 nitrogen and oxygen atoms in total. The molecule has 0 heterocycles. The summed E-state index contributed by atoms with van der Waals surface area (Å²) in [5.41, 5.74) is 13.7. The third-order valence-corrected chi connectivity index (χ3v) is 6.09. The number of hydrogen-bond acceptors (Lipinski definition) is 9. The molecule has 0 unspecified atom stereocenters. The number of unbranched alkanes of at least 4 members (excludes halogenated alkanes) is 4. The standard InChI is InChI=1S/C33H38N2O7/c1-2-3-18-39-29-15-11-25(12-16-29)33(38)42-30-13-8-24(9-14-30)10-17-31(36)40-19-6-4-5-7-20-41-32(37)26-21-27(34)23-28(35)22-26/h8-17,21-23H,2-7,18-20,34-35H2,1H3. The summed E-state index contributed by atoms with van der Waals surface area (Å²) in [7, 11) is 0. The number of nitrogens with two attached hydrogens (primary N) is 2. The van der Waals surface area contributed by atoms with Gasteiger partial charge in [-0.15, -0.1) is 0 Å². The van der Waals surface area contributed by atoms with Gasteiger partial charge in [0.05, 0.1) is 30.9 Å². The first-order valence-corrected chi connectivity index (χ1v) is 14.1. The summed E-state index contributed by atoms with van der Waals surface area (Å²) in [5, 5.41) is 0. The van der Waals surface area contributed by atoms with Crippen LogP contribution >= 0.6 is 0 Å². The first-order valence-electron chi connectivity index (χ1n) is 14.1. The monoisotopic (exact) mass is 574 g/mol. The van der Waals surface area contributed by atoms with Crippen LogP contribution < -0.4 is 20.9 Å². The summed E-state index contributed by atoms with van der Waals surface area (Å²) < 4.78 is 21.5. The van der Waals surface area contributed by atoms with Crippen molar-refractivity contribution in [3.05, 3.63) is 89.5 Å². The Hall–Kier alpha value is -4.79. The van der Waals surface area contributed by atoms with Gasteiger partial charge in [-0.3, -0.25) is 0 Å². The Morgan fingerprint density at radius 1 is 0.667 bits per heavy atom. The van der Waals surface area contributed by atoms with Crippen molar-refractivity contribution < 1.29 is 33.3 Å². The number of anilines is 2. The number of carbonyl (C=O) groups is 3. The van der Waals surface area contributed by atoms with Crippen molar-refractivity contribution >= 4 is 35.4 Å². The van der Waals surface area contributed by atoms with Crippen LogP contribution in [-0.4, -0.2) is 37.7 Å². The molecule has 0 saturated heterocycles. The zero-order chi connectivity index (χ0) is 30.2. The van der Waals surface area contributed by atoms with Crippen molar-refractivity contribution in [1.29, 1.82) is 0 Å². The highest BCUT2D eigenvalue weighted by atomic mass is 16.5. The summed E-state index contributed by atoms with van der Waals surface area (Å²) in [4.78, 5) is 36.5. The predicted octanol–water partition coefficient (Wildman–Crippen LogP) is 6.22. The molecule has 0 radical (unpaired) electrons. The topological polar surface area (TPSA) is 140 Å². The number of esters is 3. The molecular weight excluding hydrogens is 536 g/mol. The van der Waals surface area contributed by atoms with E-state index in [0.29, 0.717) is 60.1 Å². The third-order valence-electron chi connectivity index (χ3n) is 6.09. The van der Waals surface area contributed by atoms with Crippen molar-refractivity contribution in [3.63, 3.8) is 0 Å². The van der Waals surface area contributed by atoms with Crippen LogP contribution in [-0.2, 0) is 14.3 Å². The second-order valence-corrected chi connectivity index (χ2v) is 9.62. The molecule has 42 heavy (non-hydrogen) atoms. The highest BCUT2D eigenvalue weighted by Crippen LogP contribution is 2.18. The Balaban J connectivity index is 1.28. The maximum atomic E-state index is 12.4. The van der Waals surface area contributed by atoms with Crippen LogP contribution in [0.3, 0.4) is 0 Å². The van der Waals surface area contributed by atoms with Crippen LogP contribution in [0.2, 0.25) is 0 Å². The molecule has 0 fully saturated rings. The Labute approximate surface area is 246 Å². The zero-order valence-corrected chi connectivity index (χ0v) is 23.9. The summed E-state index contributed by atoms with van der Waals surface area (Å²) >= 11 is 0. The minimum Gasteiger partial charge on any atom is -0.494 e. The largest absolute Gasteiger partial charge is 0.494 e. The molecule has 9 heteroatoms. The Kier molecular flexibility index (Phi) is 12.9. The van der Waals surface area contributed by atoms with Crippen molar-refractivity contribution in [2.45, 2.75) is 45.4 Å². The highest BCUT2D eigenvalue weighted by Gasteiger charge is 2.10. The maximum Gasteiger partial charge on any atom is 0.343 e. The molecule has 0 aliphatic heterocycles. The van der Waals surface area contributed by atoms with E-state index in [0.717, 1.165) is 31.2 Å². The van der Waals surface area contributed by atoms with Crippen LogP contribution in [0.5, 0.6) is 11.5 Å². The smallest absolute Gasteiger partial charge is 0.343 e. The number of benzene rings is 3. The molecular formula is C33H38N2O7. The van der Waals surface area contributed by atoms with Gasteiger partial charge >= 0.3 is 17.9 Å². The minimum absolute atomic E-state index is 0.287. The van der Waals surface area contributed by atoms with Crippen molar-refractivity contribution in [2.24, 2.45) is 0 Å². The van der Waals surface area contributed by atoms with E-state index in [1.165, 1.54) is 18.2 Å². The SMILES string of the molecule is CCCCOc1ccc(C(=O)Oc2ccc(C=CC(=O)OCCCCCCOC(=O)c3cc(N)cc(N)c3)cc2)cc1. The lowest BCUT2D eigenvalue weighted by Crippen LogP contribution is -2.08. The van der Waals surface area contributed by atoms with Gasteiger partial charge in [0.2, 0.25) is 0 Å². The van der Waals surface area contributed by atoms with E-state index in [2.05, 4.69) is 6.92 Å². The molecule has 0 aliphatic rings. The van der Waals surface area contributed by atoms with Crippen LogP contribution in [0.4, 0.5) is 11.4 Å². The summed E-state index contributed by atoms with van der Waals surface area (Å²) in [6.07, 6.45) is 8.08. The Morgan fingerprint density at radius 2 is 1.29 bits per heavy atom. The van der Waals surface area contributed by atoms with Crippen LogP contribution in [0.15, 0.2) is 72.8 Å². The Morgan fingerprint density at radius 3 is 1.93 bits per heavy atom. The average Bonchev–Trinajstić information content (AvgIpc) is 2.98. The van der Waals surface area contributed by atoms with Gasteiger partial charge in [0.1, 0.15) is 11.5 Å². The van der Waals surface area contributed by atoms with Gasteiger partial charge in [-0.1, -0.05) is 25.5 Å². The molecule has 222 valence electrons. The first kappa shape index (κ1) is 31.7. The van der Waals surface area contributed by atoms with Gasteiger partial charge in [-0.05, 0) is 98.3 Å². The molecule has 0 saturated carbocycles. The van der Waals surface area contributed by atoms with E-state index < -0.39 is 17.9 Å². The molecule has 0 atom stereocenters. The molecule has 3 rings (SSSR count). The molecule has 0 spiro atoms. The van der Waals surface area contributed by atoms with Crippen molar-refractivity contribution in [3.8, 4) is 11.5 Å². The lowest BCUT2D eigenvalue weighted by Gasteiger charge is -2.07. The fraction of sp³-hybridized carbons (Fsp3) is 0.303. The normalized spacial score (nSPS) is 10.8. The quantitative estimate of drug-likeness (QED) is 0.0670. The second kappa shape index (κ2) is 17.1. The average molecular weight is 575 g/mol. The number of ether oxygens (including phenoxy) is 4. The fourth-order valence-electron chi connectivity index (χ4n) is 3.82. The van der Waals surface area contributed by atoms with E-state index in [1.54, 1.807) is 60.7 Å². The zero-order valence-electron chi connectivity index (χ0n) is 23.9.